The van der Waals surface area contributed by atoms with Gasteiger partial charge in [-0.25, -0.2) is 0 Å². The summed E-state index contributed by atoms with van der Waals surface area (Å²) in [6.07, 6.45) is 3.89. The Kier molecular flexibility index (Phi) is 2.14. The Balaban J connectivity index is 2.44. The minimum Gasteiger partial charge on any atom is -0.397 e. The Bertz CT molecular complexity index is 438. The van der Waals surface area contributed by atoms with Crippen LogP contribution in [0.2, 0.25) is 0 Å². The smallest absolute Gasteiger partial charge is 0.170 e. The van der Waals surface area contributed by atoms with E-state index in [4.69, 9.17) is 10.3 Å². The van der Waals surface area contributed by atoms with Gasteiger partial charge in [0.25, 0.3) is 0 Å². The average molecular weight is 190 g/mol. The van der Waals surface area contributed by atoms with Crippen LogP contribution in [0.1, 0.15) is 12.6 Å². The number of hydrogen-bond acceptors (Lipinski definition) is 5. The van der Waals surface area contributed by atoms with Crippen LogP contribution in [0.5, 0.6) is 0 Å². The zero-order chi connectivity index (χ0) is 9.97. The number of anilines is 1. The van der Waals surface area contributed by atoms with E-state index in [1.807, 2.05) is 13.0 Å². The van der Waals surface area contributed by atoms with Gasteiger partial charge in [-0.3, -0.25) is 0 Å². The summed E-state index contributed by atoms with van der Waals surface area (Å²) in [6.45, 7) is 2.01. The SMILES string of the molecule is CCc1cc(-c2cnncc2N)on1. The highest BCUT2D eigenvalue weighted by Gasteiger charge is 2.08. The summed E-state index contributed by atoms with van der Waals surface area (Å²) in [7, 11) is 0. The molecule has 2 heterocycles. The lowest BCUT2D eigenvalue weighted by Crippen LogP contribution is -1.92. The molecular weight excluding hydrogens is 180 g/mol. The van der Waals surface area contributed by atoms with E-state index in [0.29, 0.717) is 11.4 Å². The lowest BCUT2D eigenvalue weighted by atomic mass is 10.2. The summed E-state index contributed by atoms with van der Waals surface area (Å²) in [6, 6.07) is 1.85. The first-order valence-electron chi connectivity index (χ1n) is 4.33. The number of nitrogens with zero attached hydrogens (tertiary/aromatic N) is 3. The largest absolute Gasteiger partial charge is 0.397 e. The normalized spacial score (nSPS) is 10.4. The minimum absolute atomic E-state index is 0.541. The molecule has 72 valence electrons. The van der Waals surface area contributed by atoms with Gasteiger partial charge in [-0.15, -0.1) is 0 Å². The Morgan fingerprint density at radius 1 is 1.36 bits per heavy atom. The van der Waals surface area contributed by atoms with Gasteiger partial charge in [-0.2, -0.15) is 10.2 Å². The van der Waals surface area contributed by atoms with E-state index in [9.17, 15) is 0 Å². The van der Waals surface area contributed by atoms with Gasteiger partial charge in [0.2, 0.25) is 0 Å². The molecule has 2 rings (SSSR count). The quantitative estimate of drug-likeness (QED) is 0.771. The molecular formula is C9H10N4O. The van der Waals surface area contributed by atoms with Gasteiger partial charge in [0.1, 0.15) is 0 Å². The highest BCUT2D eigenvalue weighted by atomic mass is 16.5. The molecule has 0 bridgehead atoms. The van der Waals surface area contributed by atoms with Gasteiger partial charge in [-0.1, -0.05) is 12.1 Å². The van der Waals surface area contributed by atoms with Crippen LogP contribution >= 0.6 is 0 Å². The third-order valence-corrected chi connectivity index (χ3v) is 1.95. The maximum Gasteiger partial charge on any atom is 0.170 e. The predicted octanol–water partition coefficient (Wildman–Crippen LogP) is 1.28. The molecule has 0 atom stereocenters. The molecule has 2 aromatic heterocycles. The van der Waals surface area contributed by atoms with E-state index >= 15 is 0 Å². The van der Waals surface area contributed by atoms with Crippen LogP contribution in [-0.2, 0) is 6.42 Å². The van der Waals surface area contributed by atoms with Crippen molar-refractivity contribution < 1.29 is 4.52 Å². The van der Waals surface area contributed by atoms with E-state index in [0.717, 1.165) is 17.7 Å². The molecule has 0 radical (unpaired) electrons. The second-order valence-electron chi connectivity index (χ2n) is 2.89. The molecule has 2 aromatic rings. The Labute approximate surface area is 80.9 Å². The summed E-state index contributed by atoms with van der Waals surface area (Å²) in [4.78, 5) is 0. The highest BCUT2D eigenvalue weighted by molar-refractivity contribution is 5.70. The molecule has 0 fully saturated rings. The molecule has 5 heteroatoms. The monoisotopic (exact) mass is 190 g/mol. The first kappa shape index (κ1) is 8.68. The molecule has 0 aliphatic rings. The van der Waals surface area contributed by atoms with Crippen LogP contribution in [0.3, 0.4) is 0 Å². The van der Waals surface area contributed by atoms with Gasteiger partial charge in [0.15, 0.2) is 5.76 Å². The van der Waals surface area contributed by atoms with Gasteiger partial charge in [0, 0.05) is 6.07 Å². The van der Waals surface area contributed by atoms with Gasteiger partial charge < -0.3 is 10.3 Å². The van der Waals surface area contributed by atoms with Crippen molar-refractivity contribution in [1.82, 2.24) is 15.4 Å². The van der Waals surface area contributed by atoms with Crippen LogP contribution < -0.4 is 5.73 Å². The molecule has 0 saturated heterocycles. The van der Waals surface area contributed by atoms with Crippen molar-refractivity contribution >= 4 is 5.69 Å². The first-order valence-corrected chi connectivity index (χ1v) is 4.33. The topological polar surface area (TPSA) is 77.8 Å². The van der Waals surface area contributed by atoms with Crippen LogP contribution in [0.4, 0.5) is 5.69 Å². The lowest BCUT2D eigenvalue weighted by Gasteiger charge is -1.96. The van der Waals surface area contributed by atoms with E-state index < -0.39 is 0 Å². The molecule has 14 heavy (non-hydrogen) atoms. The summed E-state index contributed by atoms with van der Waals surface area (Å²) >= 11 is 0. The molecule has 0 saturated carbocycles. The van der Waals surface area contributed by atoms with Crippen molar-refractivity contribution in [3.63, 3.8) is 0 Å². The molecule has 0 unspecified atom stereocenters. The van der Waals surface area contributed by atoms with Crippen LogP contribution in [-0.4, -0.2) is 15.4 Å². The Morgan fingerprint density at radius 3 is 2.79 bits per heavy atom. The first-order chi connectivity index (χ1) is 6.81. The van der Waals surface area contributed by atoms with Crippen LogP contribution in [0.25, 0.3) is 11.3 Å². The second kappa shape index (κ2) is 3.45. The zero-order valence-electron chi connectivity index (χ0n) is 7.77. The molecule has 0 amide bonds. The Hall–Kier alpha value is -1.91. The van der Waals surface area contributed by atoms with Crippen molar-refractivity contribution in [2.24, 2.45) is 0 Å². The second-order valence-corrected chi connectivity index (χ2v) is 2.89. The van der Waals surface area contributed by atoms with Crippen molar-refractivity contribution in [2.75, 3.05) is 5.73 Å². The van der Waals surface area contributed by atoms with Crippen molar-refractivity contribution in [2.45, 2.75) is 13.3 Å². The van der Waals surface area contributed by atoms with Gasteiger partial charge in [0.05, 0.1) is 29.3 Å². The standard InChI is InChI=1S/C9H10N4O/c1-2-6-3-9(14-13-6)7-4-11-12-5-8(7)10/h3-5H,2H2,1H3,(H2,10,11). The van der Waals surface area contributed by atoms with Crippen LogP contribution in [0, 0.1) is 0 Å². The fourth-order valence-corrected chi connectivity index (χ4v) is 1.14. The third kappa shape index (κ3) is 1.44. The number of aryl methyl sites for hydroxylation is 1. The summed E-state index contributed by atoms with van der Waals surface area (Å²) in [5, 5.41) is 11.3. The maximum atomic E-state index is 5.71. The van der Waals surface area contributed by atoms with Crippen molar-refractivity contribution in [3.05, 3.63) is 24.2 Å². The number of hydrogen-bond donors (Lipinski definition) is 1. The Morgan fingerprint density at radius 2 is 2.14 bits per heavy atom. The highest BCUT2D eigenvalue weighted by Crippen LogP contribution is 2.24. The van der Waals surface area contributed by atoms with E-state index in [1.54, 1.807) is 6.20 Å². The van der Waals surface area contributed by atoms with Crippen molar-refractivity contribution in [3.8, 4) is 11.3 Å². The maximum absolute atomic E-state index is 5.71. The zero-order valence-corrected chi connectivity index (χ0v) is 7.77. The van der Waals surface area contributed by atoms with E-state index in [1.165, 1.54) is 6.20 Å². The number of rotatable bonds is 2. The fourth-order valence-electron chi connectivity index (χ4n) is 1.14. The molecule has 2 N–H and O–H groups in total. The molecule has 0 spiro atoms. The number of nitrogens with two attached hydrogens (primary N) is 1. The number of aromatic nitrogens is 3. The summed E-state index contributed by atoms with van der Waals surface area (Å²) in [5.41, 5.74) is 7.88. The average Bonchev–Trinajstić information content (AvgIpc) is 2.67. The fraction of sp³-hybridized carbons (Fsp3) is 0.222. The van der Waals surface area contributed by atoms with Crippen LogP contribution in [0.15, 0.2) is 23.0 Å². The molecule has 0 aliphatic heterocycles. The summed E-state index contributed by atoms with van der Waals surface area (Å²) < 4.78 is 5.12. The number of nitrogen functional groups attached to an aromatic ring is 1. The molecule has 0 aliphatic carbocycles. The van der Waals surface area contributed by atoms with Gasteiger partial charge in [-0.05, 0) is 6.42 Å². The predicted molar refractivity (Wildman–Crippen MR) is 51.3 cm³/mol. The molecule has 5 nitrogen and oxygen atoms in total. The van der Waals surface area contributed by atoms with E-state index in [-0.39, 0.29) is 0 Å². The third-order valence-electron chi connectivity index (χ3n) is 1.95. The minimum atomic E-state index is 0.541. The van der Waals surface area contributed by atoms with E-state index in [2.05, 4.69) is 15.4 Å². The van der Waals surface area contributed by atoms with Gasteiger partial charge >= 0.3 is 0 Å². The molecule has 0 aromatic carbocycles. The van der Waals surface area contributed by atoms with Crippen molar-refractivity contribution in [1.29, 1.82) is 0 Å². The lowest BCUT2D eigenvalue weighted by molar-refractivity contribution is 0.424. The summed E-state index contributed by atoms with van der Waals surface area (Å²) in [5.74, 6) is 0.634.